The number of rotatable bonds is 7. The number of anilines is 1. The Balaban J connectivity index is 1.76. The van der Waals surface area contributed by atoms with E-state index in [1.54, 1.807) is 11.3 Å². The van der Waals surface area contributed by atoms with E-state index in [9.17, 15) is 13.2 Å². The second-order valence-electron chi connectivity index (χ2n) is 4.97. The van der Waals surface area contributed by atoms with E-state index < -0.39 is 12.6 Å². The number of thiazole rings is 1. The van der Waals surface area contributed by atoms with E-state index in [-0.39, 0.29) is 6.54 Å². The van der Waals surface area contributed by atoms with Crippen molar-refractivity contribution in [2.45, 2.75) is 19.5 Å². The number of hydrogen-bond donors (Lipinski definition) is 3. The molecule has 2 aromatic rings. The summed E-state index contributed by atoms with van der Waals surface area (Å²) in [6.45, 7) is 3.27. The molecule has 0 spiro atoms. The van der Waals surface area contributed by atoms with Crippen LogP contribution >= 0.6 is 11.3 Å². The van der Waals surface area contributed by atoms with Gasteiger partial charge in [-0.25, -0.2) is 4.98 Å². The summed E-state index contributed by atoms with van der Waals surface area (Å²) in [5, 5.41) is 9.93. The molecule has 0 aliphatic heterocycles. The molecular formula is C15H20F3N5S. The van der Waals surface area contributed by atoms with Crippen LogP contribution in [-0.4, -0.2) is 43.3 Å². The largest absolute Gasteiger partial charge is 0.390 e. The molecule has 0 saturated heterocycles. The van der Waals surface area contributed by atoms with Crippen LogP contribution in [0.1, 0.15) is 13.3 Å². The first-order chi connectivity index (χ1) is 11.5. The summed E-state index contributed by atoms with van der Waals surface area (Å²) in [6, 6.07) is 7.86. The highest BCUT2D eigenvalue weighted by atomic mass is 32.1. The lowest BCUT2D eigenvalue weighted by molar-refractivity contribution is -0.132. The average molecular weight is 359 g/mol. The summed E-state index contributed by atoms with van der Waals surface area (Å²) >= 11 is 1.56. The third kappa shape index (κ3) is 6.23. The monoisotopic (exact) mass is 359 g/mol. The van der Waals surface area contributed by atoms with Gasteiger partial charge >= 0.3 is 6.18 Å². The molecule has 0 amide bonds. The van der Waals surface area contributed by atoms with Crippen molar-refractivity contribution in [2.75, 3.05) is 31.5 Å². The number of fused-ring (bicyclic) bond motifs is 1. The standard InChI is InChI=1S/C15H20F3N5S/c1-2-19-13(20-8-7-15(16,17)18)21-9-10-22-14-23-11-5-3-4-6-12(11)24-14/h3-6H,2,7-10H2,1H3,(H,22,23)(H2,19,20,21). The van der Waals surface area contributed by atoms with Crippen LogP contribution in [0.3, 0.4) is 0 Å². The normalized spacial score (nSPS) is 12.4. The molecule has 2 rings (SSSR count). The number of para-hydroxylation sites is 1. The number of nitrogens with zero attached hydrogens (tertiary/aromatic N) is 2. The molecule has 0 atom stereocenters. The fourth-order valence-corrected chi connectivity index (χ4v) is 2.83. The second kappa shape index (κ2) is 8.72. The molecule has 24 heavy (non-hydrogen) atoms. The molecule has 132 valence electrons. The minimum Gasteiger partial charge on any atom is -0.360 e. The third-order valence-electron chi connectivity index (χ3n) is 3.00. The quantitative estimate of drug-likeness (QED) is 0.404. The number of aromatic nitrogens is 1. The molecule has 0 aliphatic carbocycles. The number of guanidine groups is 1. The highest BCUT2D eigenvalue weighted by Crippen LogP contribution is 2.24. The van der Waals surface area contributed by atoms with E-state index in [0.29, 0.717) is 25.6 Å². The van der Waals surface area contributed by atoms with Gasteiger partial charge in [-0.3, -0.25) is 4.99 Å². The minimum atomic E-state index is -4.19. The zero-order chi connectivity index (χ0) is 17.4. The van der Waals surface area contributed by atoms with Gasteiger partial charge in [0.1, 0.15) is 0 Å². The lowest BCUT2D eigenvalue weighted by Crippen LogP contribution is -2.39. The van der Waals surface area contributed by atoms with Crippen molar-refractivity contribution in [3.8, 4) is 0 Å². The van der Waals surface area contributed by atoms with Gasteiger partial charge in [-0.15, -0.1) is 0 Å². The van der Waals surface area contributed by atoms with E-state index in [1.165, 1.54) is 0 Å². The molecule has 0 saturated carbocycles. The predicted octanol–water partition coefficient (Wildman–Crippen LogP) is 3.22. The summed E-state index contributed by atoms with van der Waals surface area (Å²) in [5.74, 6) is 0.382. The molecule has 3 N–H and O–H groups in total. The Morgan fingerprint density at radius 1 is 1.21 bits per heavy atom. The molecule has 1 heterocycles. The summed E-state index contributed by atoms with van der Waals surface area (Å²) < 4.78 is 37.6. The van der Waals surface area contributed by atoms with Gasteiger partial charge in [0.2, 0.25) is 0 Å². The Kier molecular flexibility index (Phi) is 6.65. The fourth-order valence-electron chi connectivity index (χ4n) is 1.93. The topological polar surface area (TPSA) is 61.3 Å². The van der Waals surface area contributed by atoms with E-state index in [2.05, 4.69) is 25.9 Å². The van der Waals surface area contributed by atoms with Crippen molar-refractivity contribution in [1.82, 2.24) is 15.6 Å². The second-order valence-corrected chi connectivity index (χ2v) is 6.00. The number of alkyl halides is 3. The van der Waals surface area contributed by atoms with Gasteiger partial charge in [-0.2, -0.15) is 13.2 Å². The Labute approximate surface area is 142 Å². The zero-order valence-electron chi connectivity index (χ0n) is 13.3. The maximum Gasteiger partial charge on any atom is 0.390 e. The van der Waals surface area contributed by atoms with Crippen LogP contribution in [0.4, 0.5) is 18.3 Å². The van der Waals surface area contributed by atoms with Crippen molar-refractivity contribution < 1.29 is 13.2 Å². The van der Waals surface area contributed by atoms with Gasteiger partial charge in [0.25, 0.3) is 0 Å². The first-order valence-electron chi connectivity index (χ1n) is 7.66. The molecule has 0 bridgehead atoms. The van der Waals surface area contributed by atoms with Gasteiger partial charge in [-0.05, 0) is 19.1 Å². The lowest BCUT2D eigenvalue weighted by atomic mass is 10.3. The fraction of sp³-hybridized carbons (Fsp3) is 0.467. The first-order valence-corrected chi connectivity index (χ1v) is 8.48. The van der Waals surface area contributed by atoms with Crippen LogP contribution in [0.2, 0.25) is 0 Å². The van der Waals surface area contributed by atoms with Crippen LogP contribution in [0.5, 0.6) is 0 Å². The Hall–Kier alpha value is -2.03. The van der Waals surface area contributed by atoms with Crippen molar-refractivity contribution in [2.24, 2.45) is 4.99 Å². The highest BCUT2D eigenvalue weighted by molar-refractivity contribution is 7.22. The molecule has 5 nitrogen and oxygen atoms in total. The number of nitrogens with one attached hydrogen (secondary N) is 3. The van der Waals surface area contributed by atoms with Gasteiger partial charge in [-0.1, -0.05) is 23.5 Å². The van der Waals surface area contributed by atoms with Crippen LogP contribution in [0.25, 0.3) is 10.2 Å². The van der Waals surface area contributed by atoms with Crippen LogP contribution in [-0.2, 0) is 0 Å². The minimum absolute atomic E-state index is 0.288. The smallest absolute Gasteiger partial charge is 0.360 e. The lowest BCUT2D eigenvalue weighted by Gasteiger charge is -2.12. The predicted molar refractivity (Wildman–Crippen MR) is 92.8 cm³/mol. The van der Waals surface area contributed by atoms with E-state index >= 15 is 0 Å². The molecule has 0 radical (unpaired) electrons. The van der Waals surface area contributed by atoms with E-state index in [1.807, 2.05) is 31.2 Å². The first kappa shape index (κ1) is 18.3. The highest BCUT2D eigenvalue weighted by Gasteiger charge is 2.26. The van der Waals surface area contributed by atoms with Crippen LogP contribution < -0.4 is 16.0 Å². The molecule has 0 unspecified atom stereocenters. The van der Waals surface area contributed by atoms with Gasteiger partial charge in [0.05, 0.1) is 23.2 Å². The molecule has 1 aromatic carbocycles. The summed E-state index contributed by atoms with van der Waals surface area (Å²) in [6.07, 6.45) is -5.11. The van der Waals surface area contributed by atoms with Crippen molar-refractivity contribution in [3.05, 3.63) is 24.3 Å². The number of aliphatic imine (C=N–C) groups is 1. The van der Waals surface area contributed by atoms with E-state index in [4.69, 9.17) is 0 Å². The molecular weight excluding hydrogens is 339 g/mol. The maximum atomic E-state index is 12.1. The Morgan fingerprint density at radius 3 is 2.71 bits per heavy atom. The maximum absolute atomic E-state index is 12.1. The summed E-state index contributed by atoms with van der Waals surface area (Å²) in [4.78, 5) is 8.36. The summed E-state index contributed by atoms with van der Waals surface area (Å²) in [7, 11) is 0. The third-order valence-corrected chi connectivity index (χ3v) is 3.99. The SMILES string of the molecule is CCNC(=NCCC(F)(F)F)NCCNc1nc2ccccc2s1. The Morgan fingerprint density at radius 2 is 2.00 bits per heavy atom. The van der Waals surface area contributed by atoms with Crippen molar-refractivity contribution in [3.63, 3.8) is 0 Å². The van der Waals surface area contributed by atoms with Gasteiger partial charge in [0.15, 0.2) is 11.1 Å². The van der Waals surface area contributed by atoms with E-state index in [0.717, 1.165) is 15.3 Å². The molecule has 1 aromatic heterocycles. The molecule has 9 heteroatoms. The molecule has 0 fully saturated rings. The van der Waals surface area contributed by atoms with Gasteiger partial charge < -0.3 is 16.0 Å². The van der Waals surface area contributed by atoms with Crippen LogP contribution in [0, 0.1) is 0 Å². The number of hydrogen-bond acceptors (Lipinski definition) is 4. The van der Waals surface area contributed by atoms with Gasteiger partial charge in [0, 0.05) is 19.6 Å². The van der Waals surface area contributed by atoms with Crippen LogP contribution in [0.15, 0.2) is 29.3 Å². The van der Waals surface area contributed by atoms with Crippen molar-refractivity contribution >= 4 is 32.6 Å². The Bertz CT molecular complexity index is 635. The number of halogens is 3. The average Bonchev–Trinajstić information content (AvgIpc) is 2.93. The number of benzene rings is 1. The molecule has 0 aliphatic rings. The summed E-state index contributed by atoms with van der Waals surface area (Å²) in [5.41, 5.74) is 0.944. The zero-order valence-corrected chi connectivity index (χ0v) is 14.1. The van der Waals surface area contributed by atoms with Crippen molar-refractivity contribution in [1.29, 1.82) is 0 Å².